The molecular weight excluding hydrogens is 346 g/mol. The number of carbonyl (C=O) groups is 1. The van der Waals surface area contributed by atoms with Gasteiger partial charge in [-0.15, -0.1) is 0 Å². The zero-order chi connectivity index (χ0) is 15.9. The highest BCUT2D eigenvalue weighted by molar-refractivity contribution is 9.15. The van der Waals surface area contributed by atoms with Gasteiger partial charge in [-0.05, 0) is 69.9 Å². The highest BCUT2D eigenvalue weighted by atomic mass is 79.9. The summed E-state index contributed by atoms with van der Waals surface area (Å²) in [6.07, 6.45) is 2.68. The predicted molar refractivity (Wildman–Crippen MR) is 89.1 cm³/mol. The quantitative estimate of drug-likeness (QED) is 0.799. The molecule has 2 aromatic rings. The Morgan fingerprint density at radius 2 is 1.95 bits per heavy atom. The van der Waals surface area contributed by atoms with Gasteiger partial charge >= 0.3 is 0 Å². The molecule has 4 nitrogen and oxygen atoms in total. The number of aromatic hydroxyl groups is 2. The maximum absolute atomic E-state index is 11.7. The number of hydrogen-bond donors (Lipinski definition) is 2. The Balaban J connectivity index is 2.14. The number of aldehydes is 1. The number of phenols is 2. The lowest BCUT2D eigenvalue weighted by molar-refractivity contribution is -0.109. The fraction of sp³-hybridized carbons (Fsp3) is 0.118. The zero-order valence-electron chi connectivity index (χ0n) is 11.8. The van der Waals surface area contributed by atoms with Crippen LogP contribution in [0.25, 0.3) is 4.48 Å². The third-order valence-corrected chi connectivity index (χ3v) is 4.40. The molecule has 2 aromatic carbocycles. The van der Waals surface area contributed by atoms with Gasteiger partial charge in [-0.1, -0.05) is 6.07 Å². The van der Waals surface area contributed by atoms with E-state index in [2.05, 4.69) is 15.9 Å². The van der Waals surface area contributed by atoms with Crippen LogP contribution in [0.1, 0.15) is 22.7 Å². The minimum atomic E-state index is -0.485. The Morgan fingerprint density at radius 1 is 1.18 bits per heavy atom. The highest BCUT2D eigenvalue weighted by Crippen LogP contribution is 2.41. The summed E-state index contributed by atoms with van der Waals surface area (Å²) < 4.78 is 0.780. The molecule has 3 rings (SSSR count). The summed E-state index contributed by atoms with van der Waals surface area (Å²) in [4.78, 5) is 13.5. The average Bonchev–Trinajstić information content (AvgIpc) is 2.50. The van der Waals surface area contributed by atoms with Crippen LogP contribution < -0.4 is 4.90 Å². The summed E-state index contributed by atoms with van der Waals surface area (Å²) in [5.74, 6) is 0.374. The molecule has 0 saturated carbocycles. The van der Waals surface area contributed by atoms with Crippen LogP contribution >= 0.6 is 15.9 Å². The Labute approximate surface area is 136 Å². The van der Waals surface area contributed by atoms with Gasteiger partial charge in [0, 0.05) is 16.4 Å². The monoisotopic (exact) mass is 359 g/mol. The van der Waals surface area contributed by atoms with E-state index < -0.39 is 6.04 Å². The van der Waals surface area contributed by atoms with Gasteiger partial charge in [0.1, 0.15) is 23.8 Å². The molecule has 0 aliphatic carbocycles. The van der Waals surface area contributed by atoms with Gasteiger partial charge in [0.15, 0.2) is 0 Å². The lowest BCUT2D eigenvalue weighted by atomic mass is 9.96. The Bertz CT molecular complexity index is 785. The normalized spacial score (nSPS) is 16.9. The minimum absolute atomic E-state index is 0.155. The lowest BCUT2D eigenvalue weighted by Crippen LogP contribution is -2.28. The third-order valence-electron chi connectivity index (χ3n) is 3.77. The Kier molecular flexibility index (Phi) is 3.66. The topological polar surface area (TPSA) is 60.8 Å². The number of rotatable bonds is 2. The standard InChI is InChI=1S/C17H14BrNO3/c1-10-6-11(2-5-17(10)22)19-8-15(18)14-7-12(21)3-4-13(14)16(19)9-20/h2-9,16,21-22H,1H3. The van der Waals surface area contributed by atoms with E-state index in [1.807, 2.05) is 24.1 Å². The van der Waals surface area contributed by atoms with Crippen LogP contribution in [0.15, 0.2) is 42.6 Å². The number of anilines is 1. The largest absolute Gasteiger partial charge is 0.508 e. The second kappa shape index (κ2) is 5.50. The van der Waals surface area contributed by atoms with Crippen molar-refractivity contribution in [3.8, 4) is 11.5 Å². The maximum atomic E-state index is 11.7. The molecular formula is C17H14BrNO3. The van der Waals surface area contributed by atoms with Crippen molar-refractivity contribution in [1.82, 2.24) is 0 Å². The number of halogens is 1. The molecule has 0 fully saturated rings. The predicted octanol–water partition coefficient (Wildman–Crippen LogP) is 3.86. The molecule has 5 heteroatoms. The van der Waals surface area contributed by atoms with Gasteiger partial charge in [0.05, 0.1) is 0 Å². The van der Waals surface area contributed by atoms with Gasteiger partial charge in [-0.25, -0.2) is 0 Å². The number of fused-ring (bicyclic) bond motifs is 1. The van der Waals surface area contributed by atoms with Crippen molar-refractivity contribution in [2.75, 3.05) is 4.90 Å². The van der Waals surface area contributed by atoms with Crippen molar-refractivity contribution < 1.29 is 15.0 Å². The van der Waals surface area contributed by atoms with Gasteiger partial charge in [0.2, 0.25) is 0 Å². The smallest absolute Gasteiger partial charge is 0.147 e. The fourth-order valence-corrected chi connectivity index (χ4v) is 3.17. The lowest BCUT2D eigenvalue weighted by Gasteiger charge is -2.33. The second-order valence-corrected chi connectivity index (χ2v) is 6.06. The third kappa shape index (κ3) is 2.37. The molecule has 2 N–H and O–H groups in total. The van der Waals surface area contributed by atoms with E-state index in [-0.39, 0.29) is 11.5 Å². The summed E-state index contributed by atoms with van der Waals surface area (Å²) >= 11 is 3.49. The molecule has 22 heavy (non-hydrogen) atoms. The minimum Gasteiger partial charge on any atom is -0.508 e. The Hall–Kier alpha value is -2.27. The van der Waals surface area contributed by atoms with Crippen molar-refractivity contribution >= 4 is 32.4 Å². The number of hydrogen-bond acceptors (Lipinski definition) is 4. The summed E-state index contributed by atoms with van der Waals surface area (Å²) in [6.45, 7) is 1.81. The SMILES string of the molecule is Cc1cc(N2C=C(Br)c3cc(O)ccc3C2C=O)ccc1O. The molecule has 1 atom stereocenters. The maximum Gasteiger partial charge on any atom is 0.147 e. The molecule has 1 aliphatic heterocycles. The first-order valence-corrected chi connectivity index (χ1v) is 7.54. The van der Waals surface area contributed by atoms with Crippen LogP contribution in [-0.2, 0) is 4.79 Å². The number of carbonyl (C=O) groups excluding carboxylic acids is 1. The van der Waals surface area contributed by atoms with Crippen molar-refractivity contribution in [3.63, 3.8) is 0 Å². The molecule has 1 heterocycles. The molecule has 0 saturated heterocycles. The summed E-state index contributed by atoms with van der Waals surface area (Å²) in [5.41, 5.74) is 3.16. The van der Waals surface area contributed by atoms with E-state index in [1.165, 1.54) is 0 Å². The van der Waals surface area contributed by atoms with Gasteiger partial charge in [-0.2, -0.15) is 0 Å². The number of aryl methyl sites for hydroxylation is 1. The van der Waals surface area contributed by atoms with Gasteiger partial charge < -0.3 is 19.9 Å². The summed E-state index contributed by atoms with van der Waals surface area (Å²) in [7, 11) is 0. The second-order valence-electron chi connectivity index (χ2n) is 5.21. The first-order valence-electron chi connectivity index (χ1n) is 6.75. The van der Waals surface area contributed by atoms with E-state index >= 15 is 0 Å². The van der Waals surface area contributed by atoms with Gasteiger partial charge in [0.25, 0.3) is 0 Å². The van der Waals surface area contributed by atoms with Crippen LogP contribution in [0.4, 0.5) is 5.69 Å². The first-order chi connectivity index (χ1) is 10.5. The van der Waals surface area contributed by atoms with Crippen molar-refractivity contribution in [1.29, 1.82) is 0 Å². The van der Waals surface area contributed by atoms with E-state index in [9.17, 15) is 15.0 Å². The van der Waals surface area contributed by atoms with Crippen molar-refractivity contribution in [2.24, 2.45) is 0 Å². The summed E-state index contributed by atoms with van der Waals surface area (Å²) in [6, 6.07) is 9.67. The molecule has 1 aliphatic rings. The van der Waals surface area contributed by atoms with E-state index in [4.69, 9.17) is 0 Å². The number of benzene rings is 2. The molecule has 0 bridgehead atoms. The molecule has 112 valence electrons. The van der Waals surface area contributed by atoms with E-state index in [0.717, 1.165) is 33.1 Å². The highest BCUT2D eigenvalue weighted by Gasteiger charge is 2.27. The average molecular weight is 360 g/mol. The van der Waals surface area contributed by atoms with Crippen LogP contribution in [0, 0.1) is 6.92 Å². The van der Waals surface area contributed by atoms with E-state index in [1.54, 1.807) is 30.3 Å². The fourth-order valence-electron chi connectivity index (χ4n) is 2.61. The summed E-state index contributed by atoms with van der Waals surface area (Å²) in [5, 5.41) is 19.3. The molecule has 0 amide bonds. The number of nitrogens with zero attached hydrogens (tertiary/aromatic N) is 1. The van der Waals surface area contributed by atoms with E-state index in [0.29, 0.717) is 0 Å². The van der Waals surface area contributed by atoms with Gasteiger partial charge in [-0.3, -0.25) is 0 Å². The van der Waals surface area contributed by atoms with Crippen LogP contribution in [0.5, 0.6) is 11.5 Å². The molecule has 0 radical (unpaired) electrons. The molecule has 1 unspecified atom stereocenters. The molecule has 0 aromatic heterocycles. The van der Waals surface area contributed by atoms with Crippen LogP contribution in [0.2, 0.25) is 0 Å². The van der Waals surface area contributed by atoms with Crippen LogP contribution in [-0.4, -0.2) is 16.5 Å². The molecule has 0 spiro atoms. The Morgan fingerprint density at radius 3 is 2.64 bits per heavy atom. The van der Waals surface area contributed by atoms with Crippen LogP contribution in [0.3, 0.4) is 0 Å². The number of phenolic OH excluding ortho intramolecular Hbond substituents is 2. The van der Waals surface area contributed by atoms with Crippen molar-refractivity contribution in [2.45, 2.75) is 13.0 Å². The first kappa shape index (κ1) is 14.7. The van der Waals surface area contributed by atoms with Crippen molar-refractivity contribution in [3.05, 3.63) is 59.3 Å². The zero-order valence-corrected chi connectivity index (χ0v) is 13.4.